The molecule has 0 unspecified atom stereocenters. The second kappa shape index (κ2) is 2.74. The predicted molar refractivity (Wildman–Crippen MR) is 42.5 cm³/mol. The Balaban J connectivity index is 2.55. The van der Waals surface area contributed by atoms with Crippen LogP contribution in [-0.4, -0.2) is 21.2 Å². The molecule has 6 nitrogen and oxygen atoms in total. The lowest BCUT2D eigenvalue weighted by Crippen LogP contribution is -2.45. The SMILES string of the molecule is O=C(O)N1C=c2ncccc2=NN1. The van der Waals surface area contributed by atoms with Crippen molar-refractivity contribution in [1.29, 1.82) is 0 Å². The first-order chi connectivity index (χ1) is 6.27. The van der Waals surface area contributed by atoms with Crippen LogP contribution in [-0.2, 0) is 0 Å². The average molecular weight is 178 g/mol. The van der Waals surface area contributed by atoms with E-state index in [0.717, 1.165) is 5.01 Å². The smallest absolute Gasteiger partial charge is 0.431 e. The largest absolute Gasteiger partial charge is 0.463 e. The highest BCUT2D eigenvalue weighted by atomic mass is 16.4. The highest BCUT2D eigenvalue weighted by Gasteiger charge is 2.09. The number of fused-ring (bicyclic) bond motifs is 1. The minimum Gasteiger partial charge on any atom is -0.463 e. The number of amides is 1. The Morgan fingerprint density at radius 3 is 3.23 bits per heavy atom. The van der Waals surface area contributed by atoms with Crippen molar-refractivity contribution < 1.29 is 9.90 Å². The van der Waals surface area contributed by atoms with Crippen LogP contribution < -0.4 is 16.2 Å². The summed E-state index contributed by atoms with van der Waals surface area (Å²) in [5.41, 5.74) is 2.34. The van der Waals surface area contributed by atoms with E-state index in [0.29, 0.717) is 10.7 Å². The van der Waals surface area contributed by atoms with Crippen LogP contribution in [0.1, 0.15) is 0 Å². The van der Waals surface area contributed by atoms with Crippen molar-refractivity contribution in [2.75, 3.05) is 0 Å². The maximum absolute atomic E-state index is 10.5. The molecule has 1 aromatic rings. The van der Waals surface area contributed by atoms with E-state index in [1.54, 1.807) is 18.3 Å². The van der Waals surface area contributed by atoms with Crippen molar-refractivity contribution in [1.82, 2.24) is 15.5 Å². The molecule has 13 heavy (non-hydrogen) atoms. The van der Waals surface area contributed by atoms with Crippen LogP contribution in [0.15, 0.2) is 23.4 Å². The molecule has 1 aliphatic rings. The van der Waals surface area contributed by atoms with E-state index in [2.05, 4.69) is 15.6 Å². The fourth-order valence-corrected chi connectivity index (χ4v) is 0.960. The molecule has 1 aliphatic heterocycles. The molecule has 0 aliphatic carbocycles. The van der Waals surface area contributed by atoms with Crippen molar-refractivity contribution in [2.45, 2.75) is 0 Å². The van der Waals surface area contributed by atoms with Gasteiger partial charge in [-0.2, -0.15) is 10.1 Å². The van der Waals surface area contributed by atoms with E-state index in [1.807, 2.05) is 0 Å². The van der Waals surface area contributed by atoms with Gasteiger partial charge in [-0.3, -0.25) is 4.98 Å². The number of hydrazine groups is 1. The summed E-state index contributed by atoms with van der Waals surface area (Å²) in [5.74, 6) is 0. The molecule has 2 heterocycles. The third kappa shape index (κ3) is 1.28. The van der Waals surface area contributed by atoms with Gasteiger partial charge < -0.3 is 5.11 Å². The molecule has 0 radical (unpaired) electrons. The topological polar surface area (TPSA) is 77.8 Å². The molecule has 0 atom stereocenters. The van der Waals surface area contributed by atoms with Crippen molar-refractivity contribution in [2.24, 2.45) is 5.10 Å². The molecule has 0 saturated heterocycles. The third-order valence-electron chi connectivity index (χ3n) is 1.55. The summed E-state index contributed by atoms with van der Waals surface area (Å²) in [6, 6.07) is 3.47. The lowest BCUT2D eigenvalue weighted by Gasteiger charge is -2.14. The van der Waals surface area contributed by atoms with Crippen molar-refractivity contribution in [3.05, 3.63) is 29.0 Å². The molecule has 2 N–H and O–H groups in total. The van der Waals surface area contributed by atoms with Gasteiger partial charge in [0.1, 0.15) is 10.7 Å². The standard InChI is InChI=1S/C7H6N4O2/c12-7(13)11-4-6-5(9-10-11)2-1-3-8-6/h1-4,10H,(H,12,13). The van der Waals surface area contributed by atoms with Gasteiger partial charge in [-0.15, -0.1) is 0 Å². The maximum Gasteiger partial charge on any atom is 0.431 e. The summed E-state index contributed by atoms with van der Waals surface area (Å²) in [5, 5.41) is 14.4. The zero-order valence-electron chi connectivity index (χ0n) is 6.51. The molecule has 0 aromatic carbocycles. The van der Waals surface area contributed by atoms with Gasteiger partial charge in [0.15, 0.2) is 0 Å². The fourth-order valence-electron chi connectivity index (χ4n) is 0.960. The van der Waals surface area contributed by atoms with Gasteiger partial charge in [-0.05, 0) is 12.1 Å². The van der Waals surface area contributed by atoms with Crippen LogP contribution in [0.25, 0.3) is 6.20 Å². The molecular formula is C7H6N4O2. The second-order valence-electron chi connectivity index (χ2n) is 2.40. The summed E-state index contributed by atoms with van der Waals surface area (Å²) >= 11 is 0. The summed E-state index contributed by atoms with van der Waals surface area (Å²) in [7, 11) is 0. The van der Waals surface area contributed by atoms with Crippen LogP contribution >= 0.6 is 0 Å². The number of nitrogens with one attached hydrogen (secondary N) is 1. The highest BCUT2D eigenvalue weighted by Crippen LogP contribution is 1.85. The lowest BCUT2D eigenvalue weighted by atomic mass is 10.4. The van der Waals surface area contributed by atoms with Crippen LogP contribution in [0, 0.1) is 0 Å². The number of hydrogen-bond donors (Lipinski definition) is 2. The average Bonchev–Trinajstić information content (AvgIpc) is 2.17. The van der Waals surface area contributed by atoms with Crippen LogP contribution in [0.4, 0.5) is 4.79 Å². The number of pyridine rings is 1. The van der Waals surface area contributed by atoms with E-state index in [9.17, 15) is 4.79 Å². The van der Waals surface area contributed by atoms with Crippen molar-refractivity contribution in [3.63, 3.8) is 0 Å². The van der Waals surface area contributed by atoms with Gasteiger partial charge in [0.05, 0.1) is 6.20 Å². The normalized spacial score (nSPS) is 13.4. The molecule has 0 bridgehead atoms. The summed E-state index contributed by atoms with van der Waals surface area (Å²) in [6.07, 6.45) is 1.82. The first-order valence-electron chi connectivity index (χ1n) is 3.56. The molecule has 66 valence electrons. The van der Waals surface area contributed by atoms with E-state index in [-0.39, 0.29) is 0 Å². The Morgan fingerprint density at radius 1 is 1.62 bits per heavy atom. The second-order valence-corrected chi connectivity index (χ2v) is 2.40. The molecule has 2 rings (SSSR count). The zero-order chi connectivity index (χ0) is 9.26. The molecule has 0 saturated carbocycles. The lowest BCUT2D eigenvalue weighted by molar-refractivity contribution is 0.151. The highest BCUT2D eigenvalue weighted by molar-refractivity contribution is 5.69. The van der Waals surface area contributed by atoms with E-state index < -0.39 is 6.09 Å². The van der Waals surface area contributed by atoms with Gasteiger partial charge in [-0.25, -0.2) is 10.3 Å². The Morgan fingerprint density at radius 2 is 2.46 bits per heavy atom. The third-order valence-corrected chi connectivity index (χ3v) is 1.55. The summed E-state index contributed by atoms with van der Waals surface area (Å²) < 4.78 is 0. The predicted octanol–water partition coefficient (Wildman–Crippen LogP) is -1.15. The van der Waals surface area contributed by atoms with Gasteiger partial charge >= 0.3 is 6.09 Å². The molecule has 1 amide bonds. The van der Waals surface area contributed by atoms with E-state index >= 15 is 0 Å². The number of hydrogen-bond acceptors (Lipinski definition) is 4. The Labute approximate surface area is 72.8 Å². The first-order valence-corrected chi connectivity index (χ1v) is 3.56. The Hall–Kier alpha value is -2.11. The van der Waals surface area contributed by atoms with E-state index in [4.69, 9.17) is 5.11 Å². The van der Waals surface area contributed by atoms with Crippen molar-refractivity contribution in [3.8, 4) is 0 Å². The maximum atomic E-state index is 10.5. The van der Waals surface area contributed by atoms with Gasteiger partial charge in [0, 0.05) is 6.20 Å². The zero-order valence-corrected chi connectivity index (χ0v) is 6.51. The van der Waals surface area contributed by atoms with Gasteiger partial charge in [0.2, 0.25) is 0 Å². The fraction of sp³-hybridized carbons (Fsp3) is 0. The number of aromatic nitrogens is 1. The minimum atomic E-state index is -1.12. The summed E-state index contributed by atoms with van der Waals surface area (Å²) in [4.78, 5) is 14.5. The summed E-state index contributed by atoms with van der Waals surface area (Å²) in [6.45, 7) is 0. The number of nitrogens with zero attached hydrogens (tertiary/aromatic N) is 3. The monoisotopic (exact) mass is 178 g/mol. The van der Waals surface area contributed by atoms with Crippen LogP contribution in [0.5, 0.6) is 0 Å². The molecule has 1 aromatic heterocycles. The minimum absolute atomic E-state index is 0.531. The number of carbonyl (C=O) groups is 1. The van der Waals surface area contributed by atoms with Crippen LogP contribution in [0.2, 0.25) is 0 Å². The first kappa shape index (κ1) is 7.53. The Kier molecular flexibility index (Phi) is 1.59. The van der Waals surface area contributed by atoms with Crippen LogP contribution in [0.3, 0.4) is 0 Å². The van der Waals surface area contributed by atoms with Gasteiger partial charge in [0.25, 0.3) is 0 Å². The van der Waals surface area contributed by atoms with Crippen molar-refractivity contribution >= 4 is 12.3 Å². The molecule has 0 fully saturated rings. The van der Waals surface area contributed by atoms with Gasteiger partial charge in [-0.1, -0.05) is 0 Å². The number of rotatable bonds is 0. The quantitative estimate of drug-likeness (QED) is 0.526. The van der Waals surface area contributed by atoms with E-state index in [1.165, 1.54) is 6.20 Å². The Bertz CT molecular complexity index is 456. The molecule has 0 spiro atoms. The number of carboxylic acid groups (broad SMARTS) is 1. The molecular weight excluding hydrogens is 172 g/mol. The molecule has 6 heteroatoms.